The molecular weight excluding hydrogens is 326 g/mol. The minimum absolute atomic E-state index is 0.106. The lowest BCUT2D eigenvalue weighted by atomic mass is 9.93. The molecule has 0 aliphatic rings. The number of anilines is 1. The maximum Gasteiger partial charge on any atom is 0.264 e. The lowest BCUT2D eigenvalue weighted by Gasteiger charge is -2.14. The topological polar surface area (TPSA) is 85.1 Å². The molecule has 0 amide bonds. The Kier molecular flexibility index (Phi) is 4.44. The van der Waals surface area contributed by atoms with Gasteiger partial charge in [-0.15, -0.1) is 22.7 Å². The van der Waals surface area contributed by atoms with Crippen molar-refractivity contribution in [2.75, 3.05) is 4.72 Å². The molecule has 2 heterocycles. The summed E-state index contributed by atoms with van der Waals surface area (Å²) in [5.41, 5.74) is 6.33. The Hall–Kier alpha value is -0.960. The summed E-state index contributed by atoms with van der Waals surface area (Å²) in [7, 11) is -3.61. The van der Waals surface area contributed by atoms with Crippen LogP contribution in [0.5, 0.6) is 0 Å². The summed E-state index contributed by atoms with van der Waals surface area (Å²) in [4.78, 5) is 6.22. The third-order valence-electron chi connectivity index (χ3n) is 2.91. The van der Waals surface area contributed by atoms with Crippen LogP contribution in [-0.4, -0.2) is 13.4 Å². The van der Waals surface area contributed by atoms with Crippen molar-refractivity contribution < 1.29 is 8.42 Å². The van der Waals surface area contributed by atoms with Crippen LogP contribution in [0.25, 0.3) is 0 Å². The normalized spacial score (nSPS) is 12.6. The summed E-state index contributed by atoms with van der Waals surface area (Å²) >= 11 is 2.69. The molecule has 0 spiro atoms. The average Bonchev–Trinajstić information content (AvgIpc) is 2.94. The molecule has 2 aromatic heterocycles. The van der Waals surface area contributed by atoms with E-state index in [0.29, 0.717) is 11.7 Å². The van der Waals surface area contributed by atoms with Crippen LogP contribution in [0, 0.1) is 6.92 Å². The van der Waals surface area contributed by atoms with E-state index in [0.717, 1.165) is 15.4 Å². The minimum Gasteiger partial charge on any atom is -0.326 e. The van der Waals surface area contributed by atoms with Gasteiger partial charge in [-0.05, 0) is 13.0 Å². The van der Waals surface area contributed by atoms with Gasteiger partial charge in [0.25, 0.3) is 10.0 Å². The van der Waals surface area contributed by atoms with Gasteiger partial charge in [0.15, 0.2) is 5.13 Å². The Balaban J connectivity index is 2.29. The molecule has 0 unspecified atom stereocenters. The number of thiophene rings is 1. The number of aryl methyl sites for hydroxylation is 1. The molecule has 0 saturated carbocycles. The second-order valence-electron chi connectivity index (χ2n) is 5.73. The van der Waals surface area contributed by atoms with Gasteiger partial charge < -0.3 is 5.73 Å². The molecule has 21 heavy (non-hydrogen) atoms. The van der Waals surface area contributed by atoms with Crippen molar-refractivity contribution in [1.82, 2.24) is 4.98 Å². The number of nitrogens with two attached hydrogens (primary N) is 1. The van der Waals surface area contributed by atoms with Gasteiger partial charge in [-0.1, -0.05) is 20.8 Å². The number of hydrogen-bond donors (Lipinski definition) is 2. The Morgan fingerprint density at radius 3 is 2.52 bits per heavy atom. The summed E-state index contributed by atoms with van der Waals surface area (Å²) in [5.74, 6) is 0. The van der Waals surface area contributed by atoms with Crippen LogP contribution in [0.1, 0.15) is 36.2 Å². The van der Waals surface area contributed by atoms with E-state index < -0.39 is 10.0 Å². The highest BCUT2D eigenvalue weighted by molar-refractivity contribution is 7.93. The van der Waals surface area contributed by atoms with E-state index in [4.69, 9.17) is 5.73 Å². The number of hydrogen-bond acceptors (Lipinski definition) is 6. The molecule has 0 saturated heterocycles. The predicted molar refractivity (Wildman–Crippen MR) is 88.6 cm³/mol. The minimum atomic E-state index is -3.61. The largest absolute Gasteiger partial charge is 0.326 e. The van der Waals surface area contributed by atoms with Crippen LogP contribution < -0.4 is 10.5 Å². The number of rotatable bonds is 4. The van der Waals surface area contributed by atoms with Gasteiger partial charge in [0.05, 0.1) is 5.69 Å². The van der Waals surface area contributed by atoms with Crippen molar-refractivity contribution in [3.8, 4) is 0 Å². The Morgan fingerprint density at radius 2 is 2.05 bits per heavy atom. The molecule has 0 atom stereocenters. The average molecular weight is 346 g/mol. The molecule has 0 aliphatic carbocycles. The van der Waals surface area contributed by atoms with Crippen molar-refractivity contribution in [2.24, 2.45) is 5.73 Å². The maximum atomic E-state index is 12.4. The molecule has 0 aliphatic heterocycles. The van der Waals surface area contributed by atoms with Crippen molar-refractivity contribution in [2.45, 2.75) is 44.6 Å². The van der Waals surface area contributed by atoms with Crippen LogP contribution in [0.3, 0.4) is 0 Å². The number of thiazole rings is 1. The highest BCUT2D eigenvalue weighted by Crippen LogP contribution is 2.30. The lowest BCUT2D eigenvalue weighted by Crippen LogP contribution is -2.15. The lowest BCUT2D eigenvalue weighted by molar-refractivity contribution is 0.573. The van der Waals surface area contributed by atoms with Crippen molar-refractivity contribution in [3.63, 3.8) is 0 Å². The Bertz CT molecular complexity index is 739. The number of sulfonamides is 1. The SMILES string of the molecule is Cc1sc(CN)cc1S(=O)(=O)Nc1nc(C(C)(C)C)cs1. The van der Waals surface area contributed by atoms with Gasteiger partial charge in [0, 0.05) is 27.1 Å². The number of nitrogens with zero attached hydrogens (tertiary/aromatic N) is 1. The van der Waals surface area contributed by atoms with Crippen molar-refractivity contribution >= 4 is 37.8 Å². The molecule has 0 aromatic carbocycles. The van der Waals surface area contributed by atoms with Gasteiger partial charge in [0.1, 0.15) is 4.90 Å². The highest BCUT2D eigenvalue weighted by Gasteiger charge is 2.23. The molecule has 5 nitrogen and oxygen atoms in total. The molecule has 8 heteroatoms. The fraction of sp³-hybridized carbons (Fsp3) is 0.462. The second kappa shape index (κ2) is 5.68. The first-order valence-electron chi connectivity index (χ1n) is 6.41. The Labute approximate surface area is 133 Å². The van der Waals surface area contributed by atoms with Crippen LogP contribution in [0.2, 0.25) is 0 Å². The van der Waals surface area contributed by atoms with E-state index in [9.17, 15) is 8.42 Å². The van der Waals surface area contributed by atoms with Gasteiger partial charge in [-0.25, -0.2) is 13.4 Å². The second-order valence-corrected chi connectivity index (χ2v) is 9.58. The summed E-state index contributed by atoms with van der Waals surface area (Å²) in [5, 5.41) is 2.27. The molecular formula is C13H19N3O2S3. The molecule has 2 aromatic rings. The van der Waals surface area contributed by atoms with Crippen molar-refractivity contribution in [1.29, 1.82) is 0 Å². The number of nitrogens with one attached hydrogen (secondary N) is 1. The molecule has 0 radical (unpaired) electrons. The molecule has 116 valence electrons. The van der Waals surface area contributed by atoms with Gasteiger partial charge >= 0.3 is 0 Å². The van der Waals surface area contributed by atoms with Gasteiger partial charge in [-0.3, -0.25) is 4.72 Å². The summed E-state index contributed by atoms with van der Waals surface area (Å²) < 4.78 is 27.4. The van der Waals surface area contributed by atoms with Crippen molar-refractivity contribution in [3.05, 3.63) is 26.9 Å². The first-order chi connectivity index (χ1) is 9.63. The standard InChI is InChI=1S/C13H19N3O2S3/c1-8-10(5-9(6-14)20-8)21(17,18)16-12-15-11(7-19-12)13(2,3)4/h5,7H,6,14H2,1-4H3,(H,15,16). The molecule has 0 fully saturated rings. The van der Waals surface area contributed by atoms with E-state index >= 15 is 0 Å². The zero-order valence-electron chi connectivity index (χ0n) is 12.4. The van der Waals surface area contributed by atoms with E-state index in [1.807, 2.05) is 26.2 Å². The summed E-state index contributed by atoms with van der Waals surface area (Å²) in [6, 6.07) is 1.63. The van der Waals surface area contributed by atoms with E-state index in [1.165, 1.54) is 22.7 Å². The summed E-state index contributed by atoms with van der Waals surface area (Å²) in [6.07, 6.45) is 0. The number of aromatic nitrogens is 1. The molecule has 3 N–H and O–H groups in total. The molecule has 2 rings (SSSR count). The fourth-order valence-corrected chi connectivity index (χ4v) is 5.43. The zero-order chi connectivity index (χ0) is 15.8. The maximum absolute atomic E-state index is 12.4. The summed E-state index contributed by atoms with van der Waals surface area (Å²) in [6.45, 7) is 8.23. The third kappa shape index (κ3) is 3.63. The van der Waals surface area contributed by atoms with Crippen LogP contribution in [-0.2, 0) is 22.0 Å². The predicted octanol–water partition coefficient (Wildman–Crippen LogP) is 3.07. The fourth-order valence-electron chi connectivity index (χ4n) is 1.73. The van der Waals surface area contributed by atoms with E-state index in [2.05, 4.69) is 9.71 Å². The monoisotopic (exact) mass is 345 g/mol. The first-order valence-corrected chi connectivity index (χ1v) is 9.59. The van der Waals surface area contributed by atoms with E-state index in [1.54, 1.807) is 13.0 Å². The van der Waals surface area contributed by atoms with Crippen LogP contribution in [0.4, 0.5) is 5.13 Å². The van der Waals surface area contributed by atoms with E-state index in [-0.39, 0.29) is 10.3 Å². The smallest absolute Gasteiger partial charge is 0.264 e. The van der Waals surface area contributed by atoms with Gasteiger partial charge in [-0.2, -0.15) is 0 Å². The van der Waals surface area contributed by atoms with Crippen LogP contribution >= 0.6 is 22.7 Å². The molecule has 0 bridgehead atoms. The quantitative estimate of drug-likeness (QED) is 0.892. The zero-order valence-corrected chi connectivity index (χ0v) is 14.9. The van der Waals surface area contributed by atoms with Crippen LogP contribution in [0.15, 0.2) is 16.3 Å². The third-order valence-corrected chi connectivity index (χ3v) is 6.46. The first kappa shape index (κ1) is 16.4. The van der Waals surface area contributed by atoms with Gasteiger partial charge in [0.2, 0.25) is 0 Å². The Morgan fingerprint density at radius 1 is 1.38 bits per heavy atom. The highest BCUT2D eigenvalue weighted by atomic mass is 32.2.